The van der Waals surface area contributed by atoms with Crippen LogP contribution in [0.1, 0.15) is 30.6 Å². The number of hydrogen-bond acceptors (Lipinski definition) is 6. The Morgan fingerprint density at radius 3 is 2.78 bits per heavy atom. The van der Waals surface area contributed by atoms with Gasteiger partial charge in [-0.3, -0.25) is 9.59 Å². The van der Waals surface area contributed by atoms with E-state index in [0.29, 0.717) is 31.1 Å². The smallest absolute Gasteiger partial charge is 0.251 e. The molecule has 1 heterocycles. The summed E-state index contributed by atoms with van der Waals surface area (Å²) in [6, 6.07) is 5.08. The van der Waals surface area contributed by atoms with E-state index in [9.17, 15) is 14.7 Å². The molecule has 1 atom stereocenters. The topological polar surface area (TPSA) is 100 Å². The van der Waals surface area contributed by atoms with Crippen molar-refractivity contribution >= 4 is 17.5 Å². The third kappa shape index (κ3) is 6.11. The number of nitrogens with one attached hydrogen (secondary N) is 2. The predicted molar refractivity (Wildman–Crippen MR) is 102 cm³/mol. The monoisotopic (exact) mass is 379 g/mol. The number of amides is 2. The molecule has 0 radical (unpaired) electrons. The summed E-state index contributed by atoms with van der Waals surface area (Å²) in [6.45, 7) is 4.71. The van der Waals surface area contributed by atoms with Crippen molar-refractivity contribution in [1.82, 2.24) is 10.6 Å². The number of carbonyl (C=O) groups excluding carboxylic acids is 2. The largest absolute Gasteiger partial charge is 0.489 e. The first-order valence-corrected chi connectivity index (χ1v) is 8.97. The Morgan fingerprint density at radius 2 is 2.11 bits per heavy atom. The highest BCUT2D eigenvalue weighted by Crippen LogP contribution is 2.34. The first-order chi connectivity index (χ1) is 12.7. The van der Waals surface area contributed by atoms with Gasteiger partial charge in [-0.15, -0.1) is 0 Å². The van der Waals surface area contributed by atoms with E-state index in [-0.39, 0.29) is 30.8 Å². The SMILES string of the molecule is COCCNC(=O)c1ccc2c(c1)N(C)[C@H](CC(=O)NCC(C)(C)O)CO2. The molecule has 2 amide bonds. The number of nitrogens with zero attached hydrogens (tertiary/aromatic N) is 1. The van der Waals surface area contributed by atoms with Gasteiger partial charge in [-0.05, 0) is 32.0 Å². The molecule has 0 aromatic heterocycles. The lowest BCUT2D eigenvalue weighted by atomic mass is 10.1. The van der Waals surface area contributed by atoms with E-state index in [0.717, 1.165) is 5.69 Å². The molecule has 1 aromatic carbocycles. The molecular formula is C19H29N3O5. The molecule has 8 heteroatoms. The lowest BCUT2D eigenvalue weighted by Crippen LogP contribution is -2.45. The Bertz CT molecular complexity index is 672. The summed E-state index contributed by atoms with van der Waals surface area (Å²) < 4.78 is 10.7. The van der Waals surface area contributed by atoms with Crippen LogP contribution in [0.25, 0.3) is 0 Å². The Morgan fingerprint density at radius 1 is 1.37 bits per heavy atom. The maximum atomic E-state index is 12.2. The minimum absolute atomic E-state index is 0.158. The molecule has 3 N–H and O–H groups in total. The molecular weight excluding hydrogens is 350 g/mol. The van der Waals surface area contributed by atoms with Crippen LogP contribution in [0, 0.1) is 0 Å². The van der Waals surface area contributed by atoms with Gasteiger partial charge in [0.25, 0.3) is 5.91 Å². The molecule has 8 nitrogen and oxygen atoms in total. The molecule has 0 saturated carbocycles. The second kappa shape index (κ2) is 9.05. The van der Waals surface area contributed by atoms with Crippen LogP contribution in [0.2, 0.25) is 0 Å². The van der Waals surface area contributed by atoms with Crippen LogP contribution < -0.4 is 20.3 Å². The third-order valence-electron chi connectivity index (χ3n) is 4.31. The molecule has 0 fully saturated rings. The van der Waals surface area contributed by atoms with E-state index in [4.69, 9.17) is 9.47 Å². The van der Waals surface area contributed by atoms with Gasteiger partial charge in [-0.25, -0.2) is 0 Å². The summed E-state index contributed by atoms with van der Waals surface area (Å²) in [5.74, 6) is 0.335. The van der Waals surface area contributed by atoms with Crippen molar-refractivity contribution in [1.29, 1.82) is 0 Å². The van der Waals surface area contributed by atoms with Gasteiger partial charge in [0, 0.05) is 32.8 Å². The van der Waals surface area contributed by atoms with Crippen molar-refractivity contribution in [3.05, 3.63) is 23.8 Å². The zero-order valence-corrected chi connectivity index (χ0v) is 16.4. The fraction of sp³-hybridized carbons (Fsp3) is 0.579. The number of likely N-dealkylation sites (N-methyl/N-ethyl adjacent to an activating group) is 1. The molecule has 0 saturated heterocycles. The second-order valence-electron chi connectivity index (χ2n) is 7.30. The standard InChI is InChI=1S/C19H29N3O5/c1-19(2,25)12-21-17(23)10-14-11-27-16-6-5-13(9-15(16)22(14)3)18(24)20-7-8-26-4/h5-6,9,14,25H,7-8,10-12H2,1-4H3,(H,20,24)(H,21,23)/t14-/m1/s1. The number of fused-ring (bicyclic) bond motifs is 1. The fourth-order valence-electron chi connectivity index (χ4n) is 2.72. The predicted octanol–water partition coefficient (Wildman–Crippen LogP) is 0.537. The van der Waals surface area contributed by atoms with Crippen molar-refractivity contribution in [3.8, 4) is 5.75 Å². The van der Waals surface area contributed by atoms with Crippen LogP contribution in [-0.2, 0) is 9.53 Å². The minimum Gasteiger partial charge on any atom is -0.489 e. The number of benzene rings is 1. The summed E-state index contributed by atoms with van der Waals surface area (Å²) in [6.07, 6.45) is 0.232. The molecule has 150 valence electrons. The van der Waals surface area contributed by atoms with Gasteiger partial charge in [-0.1, -0.05) is 0 Å². The molecule has 1 aromatic rings. The highest BCUT2D eigenvalue weighted by Gasteiger charge is 2.28. The molecule has 1 aliphatic rings. The molecule has 27 heavy (non-hydrogen) atoms. The van der Waals surface area contributed by atoms with Gasteiger partial charge in [0.15, 0.2) is 0 Å². The second-order valence-corrected chi connectivity index (χ2v) is 7.30. The lowest BCUT2D eigenvalue weighted by molar-refractivity contribution is -0.122. The van der Waals surface area contributed by atoms with E-state index in [1.54, 1.807) is 39.2 Å². The van der Waals surface area contributed by atoms with Gasteiger partial charge in [0.2, 0.25) is 5.91 Å². The average Bonchev–Trinajstić information content (AvgIpc) is 2.62. The van der Waals surface area contributed by atoms with E-state index in [1.807, 2.05) is 11.9 Å². The molecule has 0 aliphatic carbocycles. The van der Waals surface area contributed by atoms with E-state index in [1.165, 1.54) is 0 Å². The number of hydrogen-bond donors (Lipinski definition) is 3. The fourth-order valence-corrected chi connectivity index (χ4v) is 2.72. The van der Waals surface area contributed by atoms with Crippen LogP contribution in [0.5, 0.6) is 5.75 Å². The van der Waals surface area contributed by atoms with Crippen LogP contribution in [0.4, 0.5) is 5.69 Å². The zero-order valence-electron chi connectivity index (χ0n) is 16.4. The molecule has 0 spiro atoms. The number of aliphatic hydroxyl groups is 1. The van der Waals surface area contributed by atoms with E-state index < -0.39 is 5.60 Å². The Balaban J connectivity index is 2.02. The van der Waals surface area contributed by atoms with Crippen molar-refractivity contribution < 1.29 is 24.2 Å². The molecule has 0 bridgehead atoms. The van der Waals surface area contributed by atoms with Crippen molar-refractivity contribution in [2.75, 3.05) is 45.4 Å². The zero-order chi connectivity index (χ0) is 20.0. The minimum atomic E-state index is -0.956. The van der Waals surface area contributed by atoms with Gasteiger partial charge in [0.05, 0.1) is 30.4 Å². The Labute approximate surface area is 159 Å². The maximum absolute atomic E-state index is 12.2. The summed E-state index contributed by atoms with van der Waals surface area (Å²) in [5.41, 5.74) is 0.329. The maximum Gasteiger partial charge on any atom is 0.251 e. The Hall–Kier alpha value is -2.32. The molecule has 2 rings (SSSR count). The number of carbonyl (C=O) groups is 2. The summed E-state index contributed by atoms with van der Waals surface area (Å²) in [4.78, 5) is 26.3. The molecule has 1 aliphatic heterocycles. The lowest BCUT2D eigenvalue weighted by Gasteiger charge is -2.36. The number of methoxy groups -OCH3 is 1. The normalized spacial score (nSPS) is 16.3. The van der Waals surface area contributed by atoms with Crippen LogP contribution in [0.15, 0.2) is 18.2 Å². The molecule has 0 unspecified atom stereocenters. The first-order valence-electron chi connectivity index (χ1n) is 8.97. The van der Waals surface area contributed by atoms with Crippen molar-refractivity contribution in [2.45, 2.75) is 31.9 Å². The van der Waals surface area contributed by atoms with E-state index in [2.05, 4.69) is 10.6 Å². The number of ether oxygens (including phenoxy) is 2. The van der Waals surface area contributed by atoms with Gasteiger partial charge >= 0.3 is 0 Å². The van der Waals surface area contributed by atoms with Crippen molar-refractivity contribution in [3.63, 3.8) is 0 Å². The number of rotatable bonds is 8. The van der Waals surface area contributed by atoms with Crippen LogP contribution >= 0.6 is 0 Å². The average molecular weight is 379 g/mol. The summed E-state index contributed by atoms with van der Waals surface area (Å²) in [7, 11) is 3.46. The van der Waals surface area contributed by atoms with Crippen LogP contribution in [-0.4, -0.2) is 69.0 Å². The highest BCUT2D eigenvalue weighted by atomic mass is 16.5. The van der Waals surface area contributed by atoms with Gasteiger partial charge in [0.1, 0.15) is 12.4 Å². The van der Waals surface area contributed by atoms with Crippen molar-refractivity contribution in [2.24, 2.45) is 0 Å². The Kier molecular flexibility index (Phi) is 7.04. The quantitative estimate of drug-likeness (QED) is 0.570. The third-order valence-corrected chi connectivity index (χ3v) is 4.31. The number of anilines is 1. The first kappa shape index (κ1) is 21.0. The summed E-state index contributed by atoms with van der Waals surface area (Å²) >= 11 is 0. The van der Waals surface area contributed by atoms with Crippen LogP contribution in [0.3, 0.4) is 0 Å². The van der Waals surface area contributed by atoms with Gasteiger partial charge < -0.3 is 30.1 Å². The highest BCUT2D eigenvalue weighted by molar-refractivity contribution is 5.95. The van der Waals surface area contributed by atoms with E-state index >= 15 is 0 Å². The van der Waals surface area contributed by atoms with Gasteiger partial charge in [-0.2, -0.15) is 0 Å². The summed E-state index contributed by atoms with van der Waals surface area (Å²) in [5, 5.41) is 15.2.